The van der Waals surface area contributed by atoms with Gasteiger partial charge in [-0.25, -0.2) is 0 Å². The zero-order chi connectivity index (χ0) is 28.3. The first-order valence-electron chi connectivity index (χ1n) is 16.4. The minimum absolute atomic E-state index is 0.434. The molecular weight excluding hydrogens is 484 g/mol. The molecule has 0 aliphatic heterocycles. The van der Waals surface area contributed by atoms with Crippen LogP contribution in [-0.4, -0.2) is 12.1 Å². The van der Waals surface area contributed by atoms with Gasteiger partial charge in [-0.15, -0.1) is 0 Å². The van der Waals surface area contributed by atoms with E-state index in [1.165, 1.54) is 73.9 Å². The highest BCUT2D eigenvalue weighted by Gasteiger charge is 2.28. The van der Waals surface area contributed by atoms with Crippen molar-refractivity contribution in [3.05, 3.63) is 96.3 Å². The van der Waals surface area contributed by atoms with Crippen molar-refractivity contribution in [3.63, 3.8) is 0 Å². The lowest BCUT2D eigenvalue weighted by atomic mass is 9.80. The monoisotopic (exact) mass is 540 g/mol. The van der Waals surface area contributed by atoms with Crippen LogP contribution in [0, 0.1) is 29.6 Å². The summed E-state index contributed by atoms with van der Waals surface area (Å²) in [4.78, 5) is 0. The third-order valence-electron chi connectivity index (χ3n) is 9.97. The molecular formula is C38H56N2. The molecule has 2 saturated carbocycles. The van der Waals surface area contributed by atoms with Crippen molar-refractivity contribution in [2.45, 2.75) is 110 Å². The molecule has 0 heterocycles. The summed E-state index contributed by atoms with van der Waals surface area (Å²) < 4.78 is 0. The van der Waals surface area contributed by atoms with E-state index < -0.39 is 0 Å². The van der Waals surface area contributed by atoms with Gasteiger partial charge in [0.05, 0.1) is 0 Å². The van der Waals surface area contributed by atoms with Gasteiger partial charge in [-0.3, -0.25) is 0 Å². The van der Waals surface area contributed by atoms with Crippen molar-refractivity contribution in [2.75, 3.05) is 0 Å². The van der Waals surface area contributed by atoms with E-state index >= 15 is 0 Å². The molecule has 2 aromatic carbocycles. The Morgan fingerprint density at radius 2 is 1.02 bits per heavy atom. The fraction of sp³-hybridized carbons (Fsp3) is 0.579. The molecule has 0 spiro atoms. The Kier molecular flexibility index (Phi) is 11.8. The van der Waals surface area contributed by atoms with Crippen LogP contribution in [0.1, 0.15) is 96.1 Å². The Balaban J connectivity index is 1.45. The van der Waals surface area contributed by atoms with Crippen LogP contribution in [0.4, 0.5) is 0 Å². The number of hydrogen-bond acceptors (Lipinski definition) is 2. The minimum Gasteiger partial charge on any atom is -0.386 e. The Morgan fingerprint density at radius 3 is 1.40 bits per heavy atom. The SMILES string of the molecule is C=C(NC1CCCCC1C)C(Cc1ccccc1)CC(C)CC(Cc1ccccc1)C(=C)NC1CCCCC1C. The second-order valence-electron chi connectivity index (χ2n) is 13.4. The van der Waals surface area contributed by atoms with Crippen molar-refractivity contribution in [1.82, 2.24) is 10.6 Å². The summed E-state index contributed by atoms with van der Waals surface area (Å²) in [7, 11) is 0. The van der Waals surface area contributed by atoms with Gasteiger partial charge < -0.3 is 10.6 Å². The first kappa shape index (κ1) is 30.5. The van der Waals surface area contributed by atoms with E-state index in [2.05, 4.69) is 105 Å². The highest BCUT2D eigenvalue weighted by atomic mass is 14.9. The quantitative estimate of drug-likeness (QED) is 0.249. The normalized spacial score (nSPS) is 25.4. The summed E-state index contributed by atoms with van der Waals surface area (Å²) in [6.45, 7) is 16.6. The van der Waals surface area contributed by atoms with Gasteiger partial charge in [0.1, 0.15) is 0 Å². The van der Waals surface area contributed by atoms with Crippen LogP contribution in [0.25, 0.3) is 0 Å². The van der Waals surface area contributed by atoms with E-state index in [9.17, 15) is 0 Å². The van der Waals surface area contributed by atoms with Gasteiger partial charge in [0.15, 0.2) is 0 Å². The lowest BCUT2D eigenvalue weighted by Crippen LogP contribution is -2.39. The molecule has 4 rings (SSSR count). The molecule has 2 aliphatic rings. The topological polar surface area (TPSA) is 24.1 Å². The predicted octanol–water partition coefficient (Wildman–Crippen LogP) is 9.48. The van der Waals surface area contributed by atoms with Gasteiger partial charge >= 0.3 is 0 Å². The first-order chi connectivity index (χ1) is 19.4. The molecule has 40 heavy (non-hydrogen) atoms. The standard InChI is InChI=1S/C38H56N2/c1-28(24-35(26-33-18-8-6-9-19-33)31(4)39-37-22-14-12-16-29(37)2)25-36(27-34-20-10-7-11-21-34)32(5)40-38-23-15-13-17-30(38)3/h6-11,18-21,28-30,35-40H,4-5,12-17,22-27H2,1-3H3. The van der Waals surface area contributed by atoms with Gasteiger partial charge in [0.2, 0.25) is 0 Å². The van der Waals surface area contributed by atoms with Crippen molar-refractivity contribution in [2.24, 2.45) is 29.6 Å². The third-order valence-corrected chi connectivity index (χ3v) is 9.97. The minimum atomic E-state index is 0.434. The molecule has 6 atom stereocenters. The van der Waals surface area contributed by atoms with Gasteiger partial charge in [0.25, 0.3) is 0 Å². The van der Waals surface area contributed by atoms with Gasteiger partial charge in [-0.05, 0) is 80.2 Å². The molecule has 2 nitrogen and oxygen atoms in total. The van der Waals surface area contributed by atoms with Crippen LogP contribution in [0.15, 0.2) is 85.2 Å². The second kappa shape index (κ2) is 15.5. The third kappa shape index (κ3) is 9.28. The van der Waals surface area contributed by atoms with E-state index in [0.29, 0.717) is 29.8 Å². The maximum Gasteiger partial charge on any atom is 0.0283 e. The number of allylic oxidation sites excluding steroid dienone is 2. The van der Waals surface area contributed by atoms with E-state index in [-0.39, 0.29) is 0 Å². The molecule has 2 aliphatic carbocycles. The molecule has 2 aromatic rings. The maximum atomic E-state index is 4.66. The second-order valence-corrected chi connectivity index (χ2v) is 13.4. The molecule has 2 N–H and O–H groups in total. The lowest BCUT2D eigenvalue weighted by molar-refractivity contribution is 0.270. The van der Waals surface area contributed by atoms with E-state index in [4.69, 9.17) is 0 Å². The zero-order valence-corrected chi connectivity index (χ0v) is 25.7. The Bertz CT molecular complexity index is 944. The first-order valence-corrected chi connectivity index (χ1v) is 16.4. The van der Waals surface area contributed by atoms with Crippen LogP contribution in [0.5, 0.6) is 0 Å². The molecule has 0 aromatic heterocycles. The van der Waals surface area contributed by atoms with Crippen molar-refractivity contribution in [1.29, 1.82) is 0 Å². The van der Waals surface area contributed by atoms with Crippen molar-refractivity contribution < 1.29 is 0 Å². The van der Waals surface area contributed by atoms with Crippen LogP contribution in [-0.2, 0) is 12.8 Å². The fourth-order valence-corrected chi connectivity index (χ4v) is 7.34. The molecule has 0 amide bonds. The number of nitrogens with one attached hydrogen (secondary N) is 2. The maximum absolute atomic E-state index is 4.66. The number of rotatable bonds is 14. The average molecular weight is 541 g/mol. The average Bonchev–Trinajstić information content (AvgIpc) is 2.96. The molecule has 2 fully saturated rings. The highest BCUT2D eigenvalue weighted by Crippen LogP contribution is 2.33. The lowest BCUT2D eigenvalue weighted by Gasteiger charge is -2.35. The van der Waals surface area contributed by atoms with E-state index in [0.717, 1.165) is 37.5 Å². The highest BCUT2D eigenvalue weighted by molar-refractivity contribution is 5.19. The molecule has 6 unspecified atom stereocenters. The zero-order valence-electron chi connectivity index (χ0n) is 25.7. The molecule has 2 heteroatoms. The number of benzene rings is 2. The van der Waals surface area contributed by atoms with Gasteiger partial charge in [0, 0.05) is 35.3 Å². The largest absolute Gasteiger partial charge is 0.386 e. The van der Waals surface area contributed by atoms with Crippen molar-refractivity contribution >= 4 is 0 Å². The van der Waals surface area contributed by atoms with Gasteiger partial charge in [-0.2, -0.15) is 0 Å². The van der Waals surface area contributed by atoms with Gasteiger partial charge in [-0.1, -0.05) is 120 Å². The summed E-state index contributed by atoms with van der Waals surface area (Å²) in [5.41, 5.74) is 5.33. The Hall–Kier alpha value is -2.48. The summed E-state index contributed by atoms with van der Waals surface area (Å²) in [5, 5.41) is 7.89. The van der Waals surface area contributed by atoms with Crippen LogP contribution >= 0.6 is 0 Å². The molecule has 0 saturated heterocycles. The smallest absolute Gasteiger partial charge is 0.0283 e. The molecule has 0 radical (unpaired) electrons. The molecule has 0 bridgehead atoms. The van der Waals surface area contributed by atoms with E-state index in [1.807, 2.05) is 0 Å². The summed E-state index contributed by atoms with van der Waals surface area (Å²) in [6, 6.07) is 23.2. The predicted molar refractivity (Wildman–Crippen MR) is 173 cm³/mol. The van der Waals surface area contributed by atoms with E-state index in [1.54, 1.807) is 0 Å². The van der Waals surface area contributed by atoms with Crippen LogP contribution < -0.4 is 10.6 Å². The summed E-state index contributed by atoms with van der Waals surface area (Å²) in [6.07, 6.45) is 15.1. The Labute approximate surface area is 246 Å². The molecule has 218 valence electrons. The van der Waals surface area contributed by atoms with Crippen LogP contribution in [0.3, 0.4) is 0 Å². The Morgan fingerprint density at radius 1 is 0.650 bits per heavy atom. The van der Waals surface area contributed by atoms with Crippen LogP contribution in [0.2, 0.25) is 0 Å². The summed E-state index contributed by atoms with van der Waals surface area (Å²) in [5.74, 6) is 2.90. The summed E-state index contributed by atoms with van der Waals surface area (Å²) >= 11 is 0. The number of hydrogen-bond donors (Lipinski definition) is 2. The fourth-order valence-electron chi connectivity index (χ4n) is 7.34. The van der Waals surface area contributed by atoms with Crippen molar-refractivity contribution in [3.8, 4) is 0 Å².